The van der Waals surface area contributed by atoms with Gasteiger partial charge in [0.05, 0.1) is 13.1 Å². The van der Waals surface area contributed by atoms with E-state index in [0.717, 1.165) is 41.6 Å². The van der Waals surface area contributed by atoms with Gasteiger partial charge in [0.1, 0.15) is 24.7 Å². The summed E-state index contributed by atoms with van der Waals surface area (Å²) >= 11 is 0. The molecule has 3 rings (SSSR count). The maximum atomic E-state index is 12.3. The van der Waals surface area contributed by atoms with Crippen LogP contribution in [0.5, 0.6) is 5.75 Å². The van der Waals surface area contributed by atoms with Crippen LogP contribution in [0.1, 0.15) is 35.1 Å². The number of rotatable bonds is 14. The van der Waals surface area contributed by atoms with Gasteiger partial charge >= 0.3 is 0 Å². The number of hydrogen-bond acceptors (Lipinski definition) is 7. The van der Waals surface area contributed by atoms with Gasteiger partial charge in [-0.05, 0) is 43.1 Å². The Morgan fingerprint density at radius 2 is 1.83 bits per heavy atom. The second kappa shape index (κ2) is 13.5. The molecule has 36 heavy (non-hydrogen) atoms. The molecular weight excluding hydrogens is 460 g/mol. The van der Waals surface area contributed by atoms with E-state index in [2.05, 4.69) is 15.5 Å². The summed E-state index contributed by atoms with van der Waals surface area (Å²) in [6.45, 7) is 5.15. The topological polar surface area (TPSA) is 108 Å². The maximum Gasteiger partial charge on any atom is 0.249 e. The smallest absolute Gasteiger partial charge is 0.249 e. The van der Waals surface area contributed by atoms with Gasteiger partial charge in [-0.25, -0.2) is 0 Å². The maximum absolute atomic E-state index is 12.3. The molecule has 0 radical (unpaired) electrons. The Balaban J connectivity index is 1.65. The molecule has 1 aliphatic rings. The summed E-state index contributed by atoms with van der Waals surface area (Å²) in [4.78, 5) is 50.1. The van der Waals surface area contributed by atoms with Crippen molar-refractivity contribution < 1.29 is 23.9 Å². The summed E-state index contributed by atoms with van der Waals surface area (Å²) in [7, 11) is 1.89. The molecule has 1 saturated heterocycles. The van der Waals surface area contributed by atoms with E-state index in [0.29, 0.717) is 38.3 Å². The zero-order valence-electron chi connectivity index (χ0n) is 20.9. The lowest BCUT2D eigenvalue weighted by atomic mass is 10.0. The largest absolute Gasteiger partial charge is 0.489 e. The van der Waals surface area contributed by atoms with E-state index >= 15 is 0 Å². The number of carbonyl (C=O) groups is 4. The summed E-state index contributed by atoms with van der Waals surface area (Å²) in [5, 5.41) is 5.41. The van der Waals surface area contributed by atoms with Gasteiger partial charge in [0.2, 0.25) is 18.2 Å². The van der Waals surface area contributed by atoms with Gasteiger partial charge in [-0.2, -0.15) is 0 Å². The monoisotopic (exact) mass is 494 g/mol. The lowest BCUT2D eigenvalue weighted by molar-refractivity contribution is -0.141. The van der Waals surface area contributed by atoms with Crippen molar-refractivity contribution in [2.75, 3.05) is 26.7 Å². The van der Waals surface area contributed by atoms with Crippen LogP contribution in [0.4, 0.5) is 0 Å². The molecule has 0 aromatic heterocycles. The van der Waals surface area contributed by atoms with Crippen LogP contribution in [0, 0.1) is 6.92 Å². The van der Waals surface area contributed by atoms with Gasteiger partial charge in [0.15, 0.2) is 0 Å². The van der Waals surface area contributed by atoms with Crippen molar-refractivity contribution in [1.82, 2.24) is 20.4 Å². The van der Waals surface area contributed by atoms with Crippen molar-refractivity contribution in [3.63, 3.8) is 0 Å². The minimum absolute atomic E-state index is 0.204. The molecule has 3 amide bonds. The van der Waals surface area contributed by atoms with Crippen LogP contribution in [0.3, 0.4) is 0 Å². The summed E-state index contributed by atoms with van der Waals surface area (Å²) < 4.78 is 6.13. The first kappa shape index (κ1) is 27.0. The third-order valence-corrected chi connectivity index (χ3v) is 6.29. The summed E-state index contributed by atoms with van der Waals surface area (Å²) in [5.74, 6) is -0.128. The molecule has 1 fully saturated rings. The van der Waals surface area contributed by atoms with Crippen LogP contribution < -0.4 is 15.4 Å². The highest BCUT2D eigenvalue weighted by Gasteiger charge is 2.31. The third-order valence-electron chi connectivity index (χ3n) is 6.29. The zero-order valence-corrected chi connectivity index (χ0v) is 20.9. The average Bonchev–Trinajstić information content (AvgIpc) is 2.87. The van der Waals surface area contributed by atoms with Gasteiger partial charge in [0.25, 0.3) is 0 Å². The fraction of sp³-hybridized carbons (Fsp3) is 0.407. The minimum atomic E-state index is -0.688. The SMILES string of the molecule is CNCCN(CC=O)Cc1ccc(COc2cccc(C)c2CN(C=O)C2CCC(=O)NC2=O)cc1. The molecule has 0 bridgehead atoms. The van der Waals surface area contributed by atoms with E-state index in [1.807, 2.05) is 56.4 Å². The highest BCUT2D eigenvalue weighted by Crippen LogP contribution is 2.26. The number of piperidine rings is 1. The van der Waals surface area contributed by atoms with Crippen molar-refractivity contribution in [3.05, 3.63) is 64.7 Å². The standard InChI is InChI=1S/C27H34N4O5/c1-20-4-3-5-25(23(20)17-31(19-33)24-10-11-26(34)29-27(24)35)36-18-22-8-6-21(7-9-22)16-30(14-15-32)13-12-28-2/h3-9,15,19,24,28H,10-14,16-18H2,1-2H3,(H,29,34,35). The Morgan fingerprint density at radius 1 is 1.08 bits per heavy atom. The number of amides is 3. The van der Waals surface area contributed by atoms with E-state index in [1.54, 1.807) is 0 Å². The molecular formula is C27H34N4O5. The summed E-state index contributed by atoms with van der Waals surface area (Å²) in [6, 6.07) is 13.1. The average molecular weight is 495 g/mol. The number of imide groups is 1. The van der Waals surface area contributed by atoms with Crippen molar-refractivity contribution in [1.29, 1.82) is 0 Å². The van der Waals surface area contributed by atoms with Crippen LogP contribution in [0.25, 0.3) is 0 Å². The van der Waals surface area contributed by atoms with Gasteiger partial charge in [-0.1, -0.05) is 36.4 Å². The highest BCUT2D eigenvalue weighted by molar-refractivity contribution is 6.00. The number of carbonyl (C=O) groups excluding carboxylic acids is 4. The van der Waals surface area contributed by atoms with E-state index in [9.17, 15) is 19.2 Å². The fourth-order valence-electron chi connectivity index (χ4n) is 4.19. The first-order valence-electron chi connectivity index (χ1n) is 12.1. The molecule has 0 aliphatic carbocycles. The molecule has 1 unspecified atom stereocenters. The first-order chi connectivity index (χ1) is 17.4. The molecule has 0 spiro atoms. The van der Waals surface area contributed by atoms with Crippen LogP contribution >= 0.6 is 0 Å². The van der Waals surface area contributed by atoms with Crippen molar-refractivity contribution >= 4 is 24.5 Å². The molecule has 2 N–H and O–H groups in total. The Labute approximate surface area is 211 Å². The predicted molar refractivity (Wildman–Crippen MR) is 135 cm³/mol. The second-order valence-electron chi connectivity index (χ2n) is 8.91. The molecule has 2 aromatic rings. The van der Waals surface area contributed by atoms with Crippen LogP contribution in [0.15, 0.2) is 42.5 Å². The molecule has 1 aliphatic heterocycles. The van der Waals surface area contributed by atoms with Crippen LogP contribution in [0.2, 0.25) is 0 Å². The molecule has 9 heteroatoms. The lowest BCUT2D eigenvalue weighted by Gasteiger charge is -2.30. The summed E-state index contributed by atoms with van der Waals surface area (Å²) in [5.41, 5.74) is 3.86. The Bertz CT molecular complexity index is 1060. The van der Waals surface area contributed by atoms with Gasteiger partial charge in [-0.3, -0.25) is 24.6 Å². The van der Waals surface area contributed by atoms with Crippen LogP contribution in [-0.2, 0) is 38.9 Å². The molecule has 1 heterocycles. The normalized spacial score (nSPS) is 15.5. The number of benzene rings is 2. The third kappa shape index (κ3) is 7.47. The molecule has 1 atom stereocenters. The zero-order chi connectivity index (χ0) is 25.9. The Morgan fingerprint density at radius 3 is 2.50 bits per heavy atom. The van der Waals surface area contributed by atoms with Gasteiger partial charge < -0.3 is 19.7 Å². The minimum Gasteiger partial charge on any atom is -0.489 e. The molecule has 9 nitrogen and oxygen atoms in total. The second-order valence-corrected chi connectivity index (χ2v) is 8.91. The van der Waals surface area contributed by atoms with E-state index in [-0.39, 0.29) is 18.9 Å². The Kier molecular flexibility index (Phi) is 10.1. The summed E-state index contributed by atoms with van der Waals surface area (Å²) in [6.07, 6.45) is 2.08. The molecule has 0 saturated carbocycles. The Hall–Kier alpha value is -3.56. The van der Waals surface area contributed by atoms with Crippen molar-refractivity contribution in [2.45, 2.75) is 45.5 Å². The fourth-order valence-corrected chi connectivity index (χ4v) is 4.19. The van der Waals surface area contributed by atoms with E-state index < -0.39 is 11.9 Å². The predicted octanol–water partition coefficient (Wildman–Crippen LogP) is 1.56. The van der Waals surface area contributed by atoms with Gasteiger partial charge in [0, 0.05) is 31.6 Å². The van der Waals surface area contributed by atoms with E-state index in [1.165, 1.54) is 4.90 Å². The number of nitrogens with one attached hydrogen (secondary N) is 2. The van der Waals surface area contributed by atoms with Crippen LogP contribution in [-0.4, -0.2) is 67.0 Å². The van der Waals surface area contributed by atoms with Crippen molar-refractivity contribution in [2.24, 2.45) is 0 Å². The number of nitrogens with zero attached hydrogens (tertiary/aromatic N) is 2. The number of likely N-dealkylation sites (N-methyl/N-ethyl adjacent to an activating group) is 1. The first-order valence-corrected chi connectivity index (χ1v) is 12.1. The number of aryl methyl sites for hydroxylation is 1. The van der Waals surface area contributed by atoms with E-state index in [4.69, 9.17) is 4.74 Å². The number of ether oxygens (including phenoxy) is 1. The number of hydrogen-bond donors (Lipinski definition) is 2. The highest BCUT2D eigenvalue weighted by atomic mass is 16.5. The van der Waals surface area contributed by atoms with Gasteiger partial charge in [-0.15, -0.1) is 0 Å². The molecule has 2 aromatic carbocycles. The van der Waals surface area contributed by atoms with Crippen molar-refractivity contribution in [3.8, 4) is 5.75 Å². The quantitative estimate of drug-likeness (QED) is 0.303. The lowest BCUT2D eigenvalue weighted by Crippen LogP contribution is -2.51. The number of aldehydes is 1. The molecule has 192 valence electrons.